The van der Waals surface area contributed by atoms with Gasteiger partial charge in [-0.3, -0.25) is 0 Å². The maximum absolute atomic E-state index is 5.32. The van der Waals surface area contributed by atoms with E-state index in [0.29, 0.717) is 0 Å². The minimum absolute atomic E-state index is 0.209. The molecule has 0 amide bonds. The number of furan rings is 1. The lowest BCUT2D eigenvalue weighted by Crippen LogP contribution is -2.36. The average Bonchev–Trinajstić information content (AvgIpc) is 2.44. The highest BCUT2D eigenvalue weighted by atomic mass is 79.9. The molecule has 0 aliphatic heterocycles. The molecule has 0 spiro atoms. The quantitative estimate of drug-likeness (QED) is 0.840. The Kier molecular flexibility index (Phi) is 4.20. The summed E-state index contributed by atoms with van der Waals surface area (Å²) in [6.07, 6.45) is 3.80. The van der Waals surface area contributed by atoms with Gasteiger partial charge in [0.05, 0.1) is 10.7 Å². The highest BCUT2D eigenvalue weighted by Crippen LogP contribution is 2.18. The van der Waals surface area contributed by atoms with E-state index in [4.69, 9.17) is 4.42 Å². The van der Waals surface area contributed by atoms with Crippen molar-refractivity contribution < 1.29 is 4.42 Å². The van der Waals surface area contributed by atoms with Crippen molar-refractivity contribution in [3.05, 3.63) is 22.6 Å². The fraction of sp³-hybridized carbons (Fsp3) is 0.636. The number of nitrogens with one attached hydrogen (secondary N) is 1. The molecule has 0 saturated heterocycles. The summed E-state index contributed by atoms with van der Waals surface area (Å²) in [7, 11) is 0. The van der Waals surface area contributed by atoms with Crippen LogP contribution >= 0.6 is 15.9 Å². The molecule has 0 unspecified atom stereocenters. The number of hydrogen-bond acceptors (Lipinski definition) is 2. The molecule has 14 heavy (non-hydrogen) atoms. The molecule has 3 heteroatoms. The molecule has 0 atom stereocenters. The van der Waals surface area contributed by atoms with Crippen molar-refractivity contribution in [2.75, 3.05) is 6.54 Å². The van der Waals surface area contributed by atoms with Gasteiger partial charge in [-0.1, -0.05) is 0 Å². The molecule has 1 aromatic rings. The summed E-state index contributed by atoms with van der Waals surface area (Å²) in [5.41, 5.74) is 0.209. The summed E-state index contributed by atoms with van der Waals surface area (Å²) in [6.45, 7) is 7.55. The first-order valence-corrected chi connectivity index (χ1v) is 5.75. The van der Waals surface area contributed by atoms with Gasteiger partial charge in [0.2, 0.25) is 0 Å². The number of hydrogen-bond donors (Lipinski definition) is 1. The maximum Gasteiger partial charge on any atom is 0.117 e. The van der Waals surface area contributed by atoms with E-state index >= 15 is 0 Å². The summed E-state index contributed by atoms with van der Waals surface area (Å²) < 4.78 is 6.40. The summed E-state index contributed by atoms with van der Waals surface area (Å²) >= 11 is 3.44. The third-order valence-corrected chi connectivity index (χ3v) is 2.63. The van der Waals surface area contributed by atoms with Gasteiger partial charge in [0.1, 0.15) is 5.76 Å². The Morgan fingerprint density at radius 3 is 2.64 bits per heavy atom. The van der Waals surface area contributed by atoms with E-state index in [0.717, 1.165) is 29.6 Å². The minimum Gasteiger partial charge on any atom is -0.468 e. The zero-order chi connectivity index (χ0) is 10.6. The van der Waals surface area contributed by atoms with Crippen LogP contribution in [-0.4, -0.2) is 12.1 Å². The first-order chi connectivity index (χ1) is 6.49. The van der Waals surface area contributed by atoms with Gasteiger partial charge in [-0.25, -0.2) is 0 Å². The summed E-state index contributed by atoms with van der Waals surface area (Å²) in [5, 5.41) is 3.45. The van der Waals surface area contributed by atoms with Crippen molar-refractivity contribution in [1.82, 2.24) is 5.32 Å². The van der Waals surface area contributed by atoms with E-state index in [1.165, 1.54) is 0 Å². The largest absolute Gasteiger partial charge is 0.468 e. The van der Waals surface area contributed by atoms with E-state index in [1.807, 2.05) is 6.07 Å². The number of rotatable bonds is 4. The Hall–Kier alpha value is -0.280. The van der Waals surface area contributed by atoms with Crippen LogP contribution in [0.25, 0.3) is 0 Å². The second kappa shape index (κ2) is 4.99. The van der Waals surface area contributed by atoms with E-state index in [9.17, 15) is 0 Å². The zero-order valence-corrected chi connectivity index (χ0v) is 10.6. The van der Waals surface area contributed by atoms with E-state index in [2.05, 4.69) is 42.0 Å². The topological polar surface area (TPSA) is 25.2 Å². The van der Waals surface area contributed by atoms with E-state index in [1.54, 1.807) is 6.26 Å². The maximum atomic E-state index is 5.32. The number of halogens is 1. The smallest absolute Gasteiger partial charge is 0.117 e. The van der Waals surface area contributed by atoms with Gasteiger partial charge >= 0.3 is 0 Å². The fourth-order valence-corrected chi connectivity index (χ4v) is 1.62. The van der Waals surface area contributed by atoms with Crippen LogP contribution in [0.1, 0.15) is 33.0 Å². The van der Waals surface area contributed by atoms with Crippen molar-refractivity contribution >= 4 is 15.9 Å². The van der Waals surface area contributed by atoms with Gasteiger partial charge in [0.25, 0.3) is 0 Å². The van der Waals surface area contributed by atoms with Crippen LogP contribution in [0, 0.1) is 0 Å². The molecule has 1 heterocycles. The molecule has 1 rings (SSSR count). The molecule has 0 saturated carbocycles. The van der Waals surface area contributed by atoms with Crippen molar-refractivity contribution in [1.29, 1.82) is 0 Å². The SMILES string of the molecule is CC(C)(C)NCCCc1occc1Br. The molecule has 0 bridgehead atoms. The van der Waals surface area contributed by atoms with E-state index in [-0.39, 0.29) is 5.54 Å². The second-order valence-electron chi connectivity index (χ2n) is 4.47. The molecule has 0 aliphatic carbocycles. The van der Waals surface area contributed by atoms with Gasteiger partial charge in [-0.15, -0.1) is 0 Å². The van der Waals surface area contributed by atoms with Crippen LogP contribution in [0.15, 0.2) is 21.2 Å². The van der Waals surface area contributed by atoms with E-state index < -0.39 is 0 Å². The molecule has 0 fully saturated rings. The lowest BCUT2D eigenvalue weighted by molar-refractivity contribution is 0.414. The Bertz CT molecular complexity index is 275. The fourth-order valence-electron chi connectivity index (χ4n) is 1.22. The van der Waals surface area contributed by atoms with Gasteiger partial charge in [-0.05, 0) is 55.7 Å². The predicted molar refractivity (Wildman–Crippen MR) is 62.5 cm³/mol. The van der Waals surface area contributed by atoms with Crippen molar-refractivity contribution in [2.24, 2.45) is 0 Å². The monoisotopic (exact) mass is 259 g/mol. The molecule has 2 nitrogen and oxygen atoms in total. The summed E-state index contributed by atoms with van der Waals surface area (Å²) in [6, 6.07) is 1.94. The molecule has 0 radical (unpaired) electrons. The first kappa shape index (κ1) is 11.8. The van der Waals surface area contributed by atoms with Crippen molar-refractivity contribution in [2.45, 2.75) is 39.2 Å². The lowest BCUT2D eigenvalue weighted by atomic mass is 10.1. The average molecular weight is 260 g/mol. The van der Waals surface area contributed by atoms with Crippen molar-refractivity contribution in [3.63, 3.8) is 0 Å². The molecule has 80 valence electrons. The van der Waals surface area contributed by atoms with Gasteiger partial charge in [0.15, 0.2) is 0 Å². The molecular weight excluding hydrogens is 242 g/mol. The van der Waals surface area contributed by atoms with Crippen LogP contribution in [0.2, 0.25) is 0 Å². The third-order valence-electron chi connectivity index (χ3n) is 1.93. The molecule has 1 aromatic heterocycles. The third kappa shape index (κ3) is 4.29. The highest BCUT2D eigenvalue weighted by molar-refractivity contribution is 9.10. The lowest BCUT2D eigenvalue weighted by Gasteiger charge is -2.20. The Balaban J connectivity index is 2.20. The minimum atomic E-state index is 0.209. The molecule has 0 aromatic carbocycles. The Morgan fingerprint density at radius 2 is 2.14 bits per heavy atom. The molecular formula is C11H18BrNO. The first-order valence-electron chi connectivity index (χ1n) is 4.96. The normalized spacial score (nSPS) is 12.0. The Labute approximate surface area is 94.2 Å². The van der Waals surface area contributed by atoms with Crippen molar-refractivity contribution in [3.8, 4) is 0 Å². The summed E-state index contributed by atoms with van der Waals surface area (Å²) in [5.74, 6) is 1.04. The van der Waals surface area contributed by atoms with Crippen LogP contribution in [-0.2, 0) is 6.42 Å². The molecule has 1 N–H and O–H groups in total. The molecule has 0 aliphatic rings. The van der Waals surface area contributed by atoms with Gasteiger partial charge in [0, 0.05) is 12.0 Å². The van der Waals surface area contributed by atoms with Crippen LogP contribution < -0.4 is 5.32 Å². The number of aryl methyl sites for hydroxylation is 1. The zero-order valence-electron chi connectivity index (χ0n) is 9.06. The van der Waals surface area contributed by atoms with Gasteiger partial charge in [-0.2, -0.15) is 0 Å². The van der Waals surface area contributed by atoms with Crippen LogP contribution in [0.3, 0.4) is 0 Å². The Morgan fingerprint density at radius 1 is 1.43 bits per heavy atom. The standard InChI is InChI=1S/C11H18BrNO/c1-11(2,3)13-7-4-5-10-9(12)6-8-14-10/h6,8,13H,4-5,7H2,1-3H3. The van der Waals surface area contributed by atoms with Crippen LogP contribution in [0.4, 0.5) is 0 Å². The second-order valence-corrected chi connectivity index (χ2v) is 5.33. The summed E-state index contributed by atoms with van der Waals surface area (Å²) in [4.78, 5) is 0. The van der Waals surface area contributed by atoms with Crippen LogP contribution in [0.5, 0.6) is 0 Å². The van der Waals surface area contributed by atoms with Gasteiger partial charge < -0.3 is 9.73 Å². The predicted octanol–water partition coefficient (Wildman–Crippen LogP) is 3.36. The highest BCUT2D eigenvalue weighted by Gasteiger charge is 2.08.